The Morgan fingerprint density at radius 2 is 1.92 bits per heavy atom. The van der Waals surface area contributed by atoms with Crippen molar-refractivity contribution in [3.8, 4) is 0 Å². The highest BCUT2D eigenvalue weighted by Gasteiger charge is 2.40. The summed E-state index contributed by atoms with van der Waals surface area (Å²) >= 11 is 0. The van der Waals surface area contributed by atoms with Gasteiger partial charge in [-0.25, -0.2) is 0 Å². The molecular formula is C10H19NO. The lowest BCUT2D eigenvalue weighted by molar-refractivity contribution is -0.131. The van der Waals surface area contributed by atoms with Gasteiger partial charge in [0.05, 0.1) is 0 Å². The van der Waals surface area contributed by atoms with Gasteiger partial charge in [0.2, 0.25) is 0 Å². The van der Waals surface area contributed by atoms with E-state index in [-0.39, 0.29) is 11.3 Å². The topological polar surface area (TPSA) is 43.1 Å². The molecule has 1 fully saturated rings. The fourth-order valence-corrected chi connectivity index (χ4v) is 2.22. The molecule has 0 atom stereocenters. The molecule has 1 rings (SSSR count). The molecule has 0 amide bonds. The van der Waals surface area contributed by atoms with Gasteiger partial charge in [0, 0.05) is 17.9 Å². The highest BCUT2D eigenvalue weighted by molar-refractivity contribution is 5.87. The number of nitrogens with two attached hydrogens (primary N) is 1. The molecule has 0 aromatic heterocycles. The number of carbonyl (C=O) groups is 1. The lowest BCUT2D eigenvalue weighted by atomic mass is 9.77. The van der Waals surface area contributed by atoms with Crippen molar-refractivity contribution < 1.29 is 4.79 Å². The van der Waals surface area contributed by atoms with Crippen LogP contribution in [0.2, 0.25) is 0 Å². The molecule has 2 heteroatoms. The molecule has 0 bridgehead atoms. The third-order valence-electron chi connectivity index (χ3n) is 3.00. The van der Waals surface area contributed by atoms with E-state index in [4.69, 9.17) is 5.73 Å². The predicted molar refractivity (Wildman–Crippen MR) is 49.8 cm³/mol. The van der Waals surface area contributed by atoms with Crippen LogP contribution in [0, 0.1) is 11.3 Å². The number of rotatable bonds is 3. The van der Waals surface area contributed by atoms with Crippen molar-refractivity contribution in [1.82, 2.24) is 0 Å². The summed E-state index contributed by atoms with van der Waals surface area (Å²) in [5.41, 5.74) is 5.54. The van der Waals surface area contributed by atoms with Gasteiger partial charge in [0.25, 0.3) is 0 Å². The third kappa shape index (κ3) is 1.53. The Hall–Kier alpha value is -0.370. The molecule has 1 saturated carbocycles. The molecule has 0 unspecified atom stereocenters. The number of Topliss-reactive ketones (excluding diaryl/α,β-unsaturated/α-hetero) is 1. The molecule has 0 saturated heterocycles. The summed E-state index contributed by atoms with van der Waals surface area (Å²) in [4.78, 5) is 11.8. The fraction of sp³-hybridized carbons (Fsp3) is 0.900. The maximum Gasteiger partial charge on any atom is 0.142 e. The van der Waals surface area contributed by atoms with Crippen LogP contribution in [0.5, 0.6) is 0 Å². The van der Waals surface area contributed by atoms with Crippen molar-refractivity contribution in [2.45, 2.75) is 39.5 Å². The maximum atomic E-state index is 11.8. The molecule has 0 radical (unpaired) electrons. The van der Waals surface area contributed by atoms with E-state index in [0.717, 1.165) is 12.8 Å². The van der Waals surface area contributed by atoms with E-state index in [1.165, 1.54) is 12.8 Å². The first kappa shape index (κ1) is 9.72. The van der Waals surface area contributed by atoms with E-state index >= 15 is 0 Å². The SMILES string of the molecule is CC(C)C(=O)C1(CN)CCCC1. The molecule has 0 aliphatic heterocycles. The average molecular weight is 169 g/mol. The smallest absolute Gasteiger partial charge is 0.142 e. The average Bonchev–Trinajstić information content (AvgIpc) is 2.52. The van der Waals surface area contributed by atoms with Crippen molar-refractivity contribution >= 4 is 5.78 Å². The Kier molecular flexibility index (Phi) is 2.89. The predicted octanol–water partition coefficient (Wildman–Crippen LogP) is 1.73. The van der Waals surface area contributed by atoms with Gasteiger partial charge in [0.1, 0.15) is 5.78 Å². The molecule has 1 aliphatic rings. The summed E-state index contributed by atoms with van der Waals surface area (Å²) in [5.74, 6) is 0.522. The minimum absolute atomic E-state index is 0.145. The van der Waals surface area contributed by atoms with Crippen LogP contribution in [-0.2, 0) is 4.79 Å². The van der Waals surface area contributed by atoms with E-state index in [0.29, 0.717) is 12.3 Å². The van der Waals surface area contributed by atoms with Crippen LogP contribution >= 0.6 is 0 Å². The first-order valence-electron chi connectivity index (χ1n) is 4.87. The molecule has 0 heterocycles. The van der Waals surface area contributed by atoms with Gasteiger partial charge < -0.3 is 5.73 Å². The number of hydrogen-bond acceptors (Lipinski definition) is 2. The standard InChI is InChI=1S/C10H19NO/c1-8(2)9(12)10(7-11)5-3-4-6-10/h8H,3-7,11H2,1-2H3. The summed E-state index contributed by atoms with van der Waals surface area (Å²) in [6.45, 7) is 4.49. The van der Waals surface area contributed by atoms with Crippen molar-refractivity contribution in [3.63, 3.8) is 0 Å². The highest BCUT2D eigenvalue weighted by atomic mass is 16.1. The number of carbonyl (C=O) groups excluding carboxylic acids is 1. The van der Waals surface area contributed by atoms with Gasteiger partial charge in [-0.2, -0.15) is 0 Å². The lowest BCUT2D eigenvalue weighted by Crippen LogP contribution is -2.38. The van der Waals surface area contributed by atoms with E-state index in [1.807, 2.05) is 13.8 Å². The Morgan fingerprint density at radius 3 is 2.25 bits per heavy atom. The zero-order valence-corrected chi connectivity index (χ0v) is 8.10. The van der Waals surface area contributed by atoms with Crippen LogP contribution in [0.25, 0.3) is 0 Å². The van der Waals surface area contributed by atoms with Gasteiger partial charge in [-0.1, -0.05) is 26.7 Å². The van der Waals surface area contributed by atoms with Crippen LogP contribution in [0.3, 0.4) is 0 Å². The molecular weight excluding hydrogens is 150 g/mol. The zero-order chi connectivity index (χ0) is 9.19. The molecule has 70 valence electrons. The van der Waals surface area contributed by atoms with Crippen molar-refractivity contribution in [1.29, 1.82) is 0 Å². The molecule has 2 N–H and O–H groups in total. The van der Waals surface area contributed by atoms with E-state index in [1.54, 1.807) is 0 Å². The van der Waals surface area contributed by atoms with Crippen molar-refractivity contribution in [3.05, 3.63) is 0 Å². The van der Waals surface area contributed by atoms with Gasteiger partial charge in [-0.05, 0) is 12.8 Å². The van der Waals surface area contributed by atoms with E-state index in [2.05, 4.69) is 0 Å². The van der Waals surface area contributed by atoms with Crippen molar-refractivity contribution in [2.75, 3.05) is 6.54 Å². The minimum atomic E-state index is -0.145. The molecule has 12 heavy (non-hydrogen) atoms. The Morgan fingerprint density at radius 1 is 1.42 bits per heavy atom. The van der Waals surface area contributed by atoms with Gasteiger partial charge in [-0.3, -0.25) is 4.79 Å². The van der Waals surface area contributed by atoms with Gasteiger partial charge in [0.15, 0.2) is 0 Å². The maximum absolute atomic E-state index is 11.8. The third-order valence-corrected chi connectivity index (χ3v) is 3.00. The van der Waals surface area contributed by atoms with Crippen LogP contribution in [0.1, 0.15) is 39.5 Å². The highest BCUT2D eigenvalue weighted by Crippen LogP contribution is 2.39. The Balaban J connectivity index is 2.72. The lowest BCUT2D eigenvalue weighted by Gasteiger charge is -2.27. The second kappa shape index (κ2) is 3.56. The quantitative estimate of drug-likeness (QED) is 0.699. The summed E-state index contributed by atoms with van der Waals surface area (Å²) in [6, 6.07) is 0. The van der Waals surface area contributed by atoms with E-state index in [9.17, 15) is 4.79 Å². The molecule has 0 aromatic carbocycles. The summed E-state index contributed by atoms with van der Waals surface area (Å²) < 4.78 is 0. The fourth-order valence-electron chi connectivity index (χ4n) is 2.22. The molecule has 0 aromatic rings. The monoisotopic (exact) mass is 169 g/mol. The summed E-state index contributed by atoms with van der Waals surface area (Å²) in [6.07, 6.45) is 4.38. The first-order chi connectivity index (χ1) is 5.62. The normalized spacial score (nSPS) is 21.7. The largest absolute Gasteiger partial charge is 0.329 e. The Labute approximate surface area is 74.5 Å². The van der Waals surface area contributed by atoms with Crippen LogP contribution in [0.4, 0.5) is 0 Å². The molecule has 1 aliphatic carbocycles. The zero-order valence-electron chi connectivity index (χ0n) is 8.10. The van der Waals surface area contributed by atoms with Crippen LogP contribution in [-0.4, -0.2) is 12.3 Å². The first-order valence-corrected chi connectivity index (χ1v) is 4.87. The molecule has 0 spiro atoms. The minimum Gasteiger partial charge on any atom is -0.329 e. The van der Waals surface area contributed by atoms with Gasteiger partial charge in [-0.15, -0.1) is 0 Å². The molecule has 2 nitrogen and oxygen atoms in total. The van der Waals surface area contributed by atoms with Crippen LogP contribution in [0.15, 0.2) is 0 Å². The van der Waals surface area contributed by atoms with Gasteiger partial charge >= 0.3 is 0 Å². The van der Waals surface area contributed by atoms with E-state index < -0.39 is 0 Å². The number of ketones is 1. The number of hydrogen-bond donors (Lipinski definition) is 1. The Bertz CT molecular complexity index is 169. The second-order valence-electron chi connectivity index (χ2n) is 4.21. The second-order valence-corrected chi connectivity index (χ2v) is 4.21. The summed E-state index contributed by atoms with van der Waals surface area (Å²) in [5, 5.41) is 0. The van der Waals surface area contributed by atoms with Crippen LogP contribution < -0.4 is 5.73 Å². The summed E-state index contributed by atoms with van der Waals surface area (Å²) in [7, 11) is 0. The van der Waals surface area contributed by atoms with Crippen molar-refractivity contribution in [2.24, 2.45) is 17.1 Å².